The molecule has 0 saturated heterocycles. The topological polar surface area (TPSA) is 67.8 Å². The summed E-state index contributed by atoms with van der Waals surface area (Å²) >= 11 is 12.1. The molecule has 35 heavy (non-hydrogen) atoms. The number of halogens is 2. The molecule has 0 atom stereocenters. The van der Waals surface area contributed by atoms with Gasteiger partial charge in [-0.2, -0.15) is 0 Å². The van der Waals surface area contributed by atoms with Gasteiger partial charge in [0.15, 0.2) is 0 Å². The highest BCUT2D eigenvalue weighted by molar-refractivity contribution is 7.89. The quantitative estimate of drug-likeness (QED) is 0.374. The number of ether oxygens (including phenoxy) is 1. The molecule has 1 N–H and O–H groups in total. The molecule has 0 unspecified atom stereocenters. The zero-order chi connectivity index (χ0) is 24.5. The van der Waals surface area contributed by atoms with Crippen LogP contribution >= 0.6 is 23.2 Å². The van der Waals surface area contributed by atoms with Gasteiger partial charge in [0, 0.05) is 34.1 Å². The third kappa shape index (κ3) is 4.98. The Kier molecular flexibility index (Phi) is 6.91. The second kappa shape index (κ2) is 9.94. The number of aliphatic imine (C=N–C) groups is 1. The van der Waals surface area contributed by atoms with Crippen molar-refractivity contribution in [2.75, 3.05) is 19.7 Å². The highest BCUT2D eigenvalue weighted by atomic mass is 35.5. The molecule has 1 fully saturated rings. The Bertz CT molecular complexity index is 1370. The predicted molar refractivity (Wildman–Crippen MR) is 141 cm³/mol. The van der Waals surface area contributed by atoms with Gasteiger partial charge in [-0.3, -0.25) is 4.99 Å². The van der Waals surface area contributed by atoms with Gasteiger partial charge in [-0.25, -0.2) is 13.1 Å². The van der Waals surface area contributed by atoms with Crippen molar-refractivity contribution in [3.05, 3.63) is 93.5 Å². The van der Waals surface area contributed by atoms with Crippen molar-refractivity contribution in [3.8, 4) is 5.75 Å². The van der Waals surface area contributed by atoms with Gasteiger partial charge in [-0.1, -0.05) is 53.9 Å². The Hall–Kier alpha value is -2.38. The summed E-state index contributed by atoms with van der Waals surface area (Å²) in [6.07, 6.45) is 4.18. The second-order valence-electron chi connectivity index (χ2n) is 8.95. The van der Waals surface area contributed by atoms with E-state index >= 15 is 0 Å². The summed E-state index contributed by atoms with van der Waals surface area (Å²) in [5, 5.41) is 1.11. The molecule has 2 aliphatic rings. The summed E-state index contributed by atoms with van der Waals surface area (Å²) in [6.45, 7) is 1.12. The van der Waals surface area contributed by atoms with E-state index in [0.717, 1.165) is 42.1 Å². The molecule has 1 aliphatic carbocycles. The lowest BCUT2D eigenvalue weighted by Gasteiger charge is -2.45. The molecule has 0 spiro atoms. The highest BCUT2D eigenvalue weighted by Crippen LogP contribution is 2.48. The molecule has 1 heterocycles. The zero-order valence-corrected chi connectivity index (χ0v) is 21.5. The average molecular weight is 529 g/mol. The number of benzene rings is 3. The fourth-order valence-electron chi connectivity index (χ4n) is 4.89. The van der Waals surface area contributed by atoms with E-state index < -0.39 is 10.0 Å². The third-order valence-electron chi connectivity index (χ3n) is 6.81. The van der Waals surface area contributed by atoms with Gasteiger partial charge in [-0.05, 0) is 72.9 Å². The normalized spacial score (nSPS) is 16.7. The number of nitrogens with zero attached hydrogens (tertiary/aromatic N) is 1. The van der Waals surface area contributed by atoms with Crippen LogP contribution in [-0.2, 0) is 21.9 Å². The minimum Gasteiger partial charge on any atom is -0.492 e. The van der Waals surface area contributed by atoms with E-state index in [4.69, 9.17) is 32.9 Å². The maximum absolute atomic E-state index is 12.5. The molecule has 5 nitrogen and oxygen atoms in total. The number of hydrogen-bond acceptors (Lipinski definition) is 4. The molecule has 0 aromatic heterocycles. The van der Waals surface area contributed by atoms with Crippen molar-refractivity contribution in [1.82, 2.24) is 4.72 Å². The lowest BCUT2D eigenvalue weighted by atomic mass is 9.59. The first kappa shape index (κ1) is 24.3. The largest absolute Gasteiger partial charge is 0.492 e. The summed E-state index contributed by atoms with van der Waals surface area (Å²) in [7, 11) is -3.65. The highest BCUT2D eigenvalue weighted by Gasteiger charge is 2.45. The van der Waals surface area contributed by atoms with Crippen molar-refractivity contribution in [1.29, 1.82) is 0 Å². The van der Waals surface area contributed by atoms with E-state index in [1.165, 1.54) is 29.7 Å². The molecule has 0 radical (unpaired) electrons. The second-order valence-corrected chi connectivity index (χ2v) is 11.6. The average Bonchev–Trinajstić information content (AvgIpc) is 2.82. The summed E-state index contributed by atoms with van der Waals surface area (Å²) in [5.41, 5.74) is 4.68. The Morgan fingerprint density at radius 3 is 2.49 bits per heavy atom. The van der Waals surface area contributed by atoms with Gasteiger partial charge < -0.3 is 4.74 Å². The third-order valence-corrected chi connectivity index (χ3v) is 8.76. The first-order chi connectivity index (χ1) is 16.9. The van der Waals surface area contributed by atoms with E-state index in [0.29, 0.717) is 10.8 Å². The molecule has 3 aromatic carbocycles. The van der Waals surface area contributed by atoms with Crippen LogP contribution in [0, 0.1) is 0 Å². The lowest BCUT2D eigenvalue weighted by molar-refractivity contribution is 0.322. The Labute approximate surface area is 216 Å². The van der Waals surface area contributed by atoms with Crippen molar-refractivity contribution in [2.45, 2.75) is 36.0 Å². The fraction of sp³-hybridized carbons (Fsp3) is 0.296. The van der Waals surface area contributed by atoms with E-state index in [2.05, 4.69) is 29.0 Å². The van der Waals surface area contributed by atoms with Gasteiger partial charge in [-0.15, -0.1) is 0 Å². The van der Waals surface area contributed by atoms with E-state index in [1.54, 1.807) is 12.1 Å². The predicted octanol–water partition coefficient (Wildman–Crippen LogP) is 5.82. The maximum atomic E-state index is 12.5. The van der Waals surface area contributed by atoms with Crippen molar-refractivity contribution in [2.24, 2.45) is 4.99 Å². The zero-order valence-electron chi connectivity index (χ0n) is 19.1. The van der Waals surface area contributed by atoms with Gasteiger partial charge >= 0.3 is 0 Å². The van der Waals surface area contributed by atoms with Crippen molar-refractivity contribution in [3.63, 3.8) is 0 Å². The summed E-state index contributed by atoms with van der Waals surface area (Å²) < 4.78 is 33.5. The molecule has 1 saturated carbocycles. The smallest absolute Gasteiger partial charge is 0.240 e. The molecular formula is C27H26Cl2N2O3S. The van der Waals surface area contributed by atoms with Crippen LogP contribution in [0.4, 0.5) is 0 Å². The first-order valence-electron chi connectivity index (χ1n) is 11.7. The monoisotopic (exact) mass is 528 g/mol. The summed E-state index contributed by atoms with van der Waals surface area (Å²) in [6, 6.07) is 20.4. The van der Waals surface area contributed by atoms with Crippen LogP contribution in [0.5, 0.6) is 5.75 Å². The minimum absolute atomic E-state index is 0.0923. The molecule has 3 aromatic rings. The molecule has 0 bridgehead atoms. The van der Waals surface area contributed by atoms with Gasteiger partial charge in [0.2, 0.25) is 10.0 Å². The molecule has 0 amide bonds. The van der Waals surface area contributed by atoms with Crippen LogP contribution in [0.15, 0.2) is 76.6 Å². The van der Waals surface area contributed by atoms with Gasteiger partial charge in [0.25, 0.3) is 0 Å². The SMILES string of the molecule is O=S(=O)(NCCOc1ccc2c(c1)C(C1(c3ccc(Cl)cc3)CCC1)=NCC2)c1cccc(Cl)c1. The van der Waals surface area contributed by atoms with Gasteiger partial charge in [0.1, 0.15) is 12.4 Å². The molecule has 1 aliphatic heterocycles. The van der Waals surface area contributed by atoms with Crippen LogP contribution in [0.3, 0.4) is 0 Å². The van der Waals surface area contributed by atoms with Crippen molar-refractivity contribution >= 4 is 38.9 Å². The van der Waals surface area contributed by atoms with Gasteiger partial charge in [0.05, 0.1) is 10.6 Å². The van der Waals surface area contributed by atoms with E-state index in [9.17, 15) is 8.42 Å². The number of fused-ring (bicyclic) bond motifs is 1. The number of sulfonamides is 1. The number of nitrogens with one attached hydrogen (secondary N) is 1. The Morgan fingerprint density at radius 2 is 1.77 bits per heavy atom. The van der Waals surface area contributed by atoms with Crippen LogP contribution in [0.2, 0.25) is 10.0 Å². The molecule has 5 rings (SSSR count). The molecule has 8 heteroatoms. The minimum atomic E-state index is -3.65. The number of hydrogen-bond donors (Lipinski definition) is 1. The summed E-state index contributed by atoms with van der Waals surface area (Å²) in [5.74, 6) is 0.700. The van der Waals surface area contributed by atoms with Crippen LogP contribution in [0.25, 0.3) is 0 Å². The lowest BCUT2D eigenvalue weighted by Crippen LogP contribution is -2.44. The van der Waals surface area contributed by atoms with Crippen LogP contribution in [-0.4, -0.2) is 33.8 Å². The van der Waals surface area contributed by atoms with Crippen molar-refractivity contribution < 1.29 is 13.2 Å². The van der Waals surface area contributed by atoms with E-state index in [-0.39, 0.29) is 23.5 Å². The first-order valence-corrected chi connectivity index (χ1v) is 13.9. The number of rotatable bonds is 8. The van der Waals surface area contributed by atoms with Crippen LogP contribution < -0.4 is 9.46 Å². The summed E-state index contributed by atoms with van der Waals surface area (Å²) in [4.78, 5) is 5.13. The molecule has 182 valence electrons. The Balaban J connectivity index is 1.30. The van der Waals surface area contributed by atoms with Crippen LogP contribution in [0.1, 0.15) is 36.0 Å². The molecular weight excluding hydrogens is 503 g/mol. The maximum Gasteiger partial charge on any atom is 0.240 e. The Morgan fingerprint density at radius 1 is 0.971 bits per heavy atom. The standard InChI is InChI=1S/C27H26Cl2N2O3S/c28-21-8-6-20(7-9-21)27(12-2-13-27)26-25-18-23(10-5-19(25)11-14-30-26)34-16-15-31-35(32,33)24-4-1-3-22(29)17-24/h1,3-10,17-18,31H,2,11-16H2. The van der Waals surface area contributed by atoms with E-state index in [1.807, 2.05) is 18.2 Å². The fourth-order valence-corrected chi connectivity index (χ4v) is 6.33.